The van der Waals surface area contributed by atoms with Gasteiger partial charge in [0, 0.05) is 25.8 Å². The lowest BCUT2D eigenvalue weighted by Gasteiger charge is -2.27. The minimum Gasteiger partial charge on any atom is -0.497 e. The van der Waals surface area contributed by atoms with Crippen LogP contribution in [-0.2, 0) is 32.4 Å². The van der Waals surface area contributed by atoms with Crippen molar-refractivity contribution in [3.05, 3.63) is 65.7 Å². The van der Waals surface area contributed by atoms with Gasteiger partial charge in [-0.05, 0) is 42.0 Å². The number of rotatable bonds is 17. The van der Waals surface area contributed by atoms with E-state index in [1.54, 1.807) is 7.11 Å². The third kappa shape index (κ3) is 14.0. The molecule has 224 valence electrons. The van der Waals surface area contributed by atoms with Crippen LogP contribution < -0.4 is 15.4 Å². The fourth-order valence-corrected chi connectivity index (χ4v) is 6.70. The number of amides is 1. The summed E-state index contributed by atoms with van der Waals surface area (Å²) >= 11 is 0.937. The average Bonchev–Trinajstić information content (AvgIpc) is 2.90. The van der Waals surface area contributed by atoms with Crippen molar-refractivity contribution in [1.29, 1.82) is 0 Å². The largest absolute Gasteiger partial charge is 0.497 e. The number of nitrogens with one attached hydrogen (secondary N) is 2. The highest BCUT2D eigenvalue weighted by Gasteiger charge is 2.30. The smallest absolute Gasteiger partial charge is 0.225 e. The molecular weight excluding hydrogens is 572 g/mol. The fraction of sp³-hybridized carbons (Fsp3) is 0.517. The lowest BCUT2D eigenvalue weighted by atomic mass is 10.00. The van der Waals surface area contributed by atoms with E-state index in [-0.39, 0.29) is 47.2 Å². The van der Waals surface area contributed by atoms with Gasteiger partial charge in [0.25, 0.3) is 0 Å². The molecule has 2 aromatic carbocycles. The van der Waals surface area contributed by atoms with E-state index in [2.05, 4.69) is 10.6 Å². The van der Waals surface area contributed by atoms with Gasteiger partial charge in [0.1, 0.15) is 5.75 Å². The van der Waals surface area contributed by atoms with Gasteiger partial charge in [-0.2, -0.15) is 0 Å². The fourth-order valence-electron chi connectivity index (χ4n) is 3.96. The zero-order chi connectivity index (χ0) is 28.8. The van der Waals surface area contributed by atoms with Gasteiger partial charge in [0.15, 0.2) is 15.0 Å². The van der Waals surface area contributed by atoms with Crippen LogP contribution in [0.1, 0.15) is 38.3 Å². The van der Waals surface area contributed by atoms with Gasteiger partial charge >= 0.3 is 0 Å². The summed E-state index contributed by atoms with van der Waals surface area (Å²) in [5, 5.41) is 17.0. The number of thioether (sulfide) groups is 1. The minimum absolute atomic E-state index is 0. The molecule has 0 saturated carbocycles. The molecule has 3 N–H and O–H groups in total. The number of aliphatic hydroxyl groups excluding tert-OH is 1. The second-order valence-electron chi connectivity index (χ2n) is 10.2. The van der Waals surface area contributed by atoms with E-state index in [4.69, 9.17) is 4.74 Å². The third-order valence-electron chi connectivity index (χ3n) is 6.23. The van der Waals surface area contributed by atoms with Crippen molar-refractivity contribution in [2.45, 2.75) is 52.3 Å². The Labute approximate surface area is 249 Å². The predicted octanol–water partition coefficient (Wildman–Crippen LogP) is 3.65. The number of hydrogen-bond donors (Lipinski definition) is 3. The highest BCUT2D eigenvalue weighted by molar-refractivity contribution is 8.13. The van der Waals surface area contributed by atoms with Gasteiger partial charge in [0.05, 0.1) is 36.7 Å². The Morgan fingerprint density at radius 1 is 1.05 bits per heavy atom. The summed E-state index contributed by atoms with van der Waals surface area (Å²) < 4.78 is 30.8. The van der Waals surface area contributed by atoms with Gasteiger partial charge in [-0.3, -0.25) is 9.59 Å². The maximum atomic E-state index is 13.4. The maximum Gasteiger partial charge on any atom is 0.225 e. The highest BCUT2D eigenvalue weighted by atomic mass is 35.5. The van der Waals surface area contributed by atoms with Crippen LogP contribution in [0.4, 0.5) is 0 Å². The molecule has 0 radical (unpaired) electrons. The zero-order valence-corrected chi connectivity index (χ0v) is 26.1. The number of ether oxygens (including phenoxy) is 1. The van der Waals surface area contributed by atoms with Crippen molar-refractivity contribution >= 4 is 45.0 Å². The van der Waals surface area contributed by atoms with E-state index in [1.807, 2.05) is 68.4 Å². The van der Waals surface area contributed by atoms with E-state index in [9.17, 15) is 23.1 Å². The number of sulfone groups is 1. The number of carbonyl (C=O) groups excluding carboxylic acids is 2. The second-order valence-corrected chi connectivity index (χ2v) is 13.6. The summed E-state index contributed by atoms with van der Waals surface area (Å²) in [7, 11) is -1.90. The van der Waals surface area contributed by atoms with Gasteiger partial charge in [-0.1, -0.05) is 68.1 Å². The standard InChI is InChI=1S/C29H42N2O6S2.ClH/c1-21(2)13-14-39(35,36)20-25(19-38-22(3)32)29(34)31-27(16-23-9-6-5-7-10-23)28(33)18-30-17-24-11-8-12-26(15-24)37-4;/h5-12,15,21,25,27-28,30,33H,13-14,16-20H2,1-4H3,(H,31,34);1H/t25?,27-,28+;/m0./s1. The molecule has 1 amide bonds. The number of aliphatic hydroxyl groups is 1. The van der Waals surface area contributed by atoms with Crippen LogP contribution in [-0.4, -0.2) is 67.6 Å². The highest BCUT2D eigenvalue weighted by Crippen LogP contribution is 2.17. The Morgan fingerprint density at radius 2 is 1.73 bits per heavy atom. The SMILES string of the molecule is COc1cccc(CNC[C@@H](O)[C@H](Cc2ccccc2)NC(=O)C(CSC(C)=O)CS(=O)(=O)CCC(C)C)c1.Cl. The van der Waals surface area contributed by atoms with Crippen LogP contribution in [0.3, 0.4) is 0 Å². The van der Waals surface area contributed by atoms with E-state index in [0.29, 0.717) is 19.4 Å². The number of benzene rings is 2. The first-order valence-electron chi connectivity index (χ1n) is 13.2. The lowest BCUT2D eigenvalue weighted by molar-refractivity contribution is -0.125. The van der Waals surface area contributed by atoms with E-state index in [0.717, 1.165) is 28.6 Å². The molecule has 11 heteroatoms. The molecule has 0 bridgehead atoms. The van der Waals surface area contributed by atoms with Crippen molar-refractivity contribution in [2.24, 2.45) is 11.8 Å². The third-order valence-corrected chi connectivity index (χ3v) is 8.97. The van der Waals surface area contributed by atoms with E-state index < -0.39 is 33.8 Å². The molecule has 8 nitrogen and oxygen atoms in total. The van der Waals surface area contributed by atoms with Gasteiger partial charge in [-0.25, -0.2) is 8.42 Å². The Morgan fingerprint density at radius 3 is 2.35 bits per heavy atom. The first-order valence-corrected chi connectivity index (χ1v) is 16.0. The van der Waals surface area contributed by atoms with Gasteiger partial charge in [0.2, 0.25) is 5.91 Å². The molecule has 3 atom stereocenters. The molecule has 2 rings (SSSR count). The monoisotopic (exact) mass is 614 g/mol. The molecule has 0 aromatic heterocycles. The Bertz CT molecular complexity index is 1150. The molecule has 0 spiro atoms. The summed E-state index contributed by atoms with van der Waals surface area (Å²) in [6, 6.07) is 16.4. The minimum atomic E-state index is -3.50. The van der Waals surface area contributed by atoms with Crippen molar-refractivity contribution in [2.75, 3.05) is 30.9 Å². The van der Waals surface area contributed by atoms with Crippen molar-refractivity contribution < 1.29 is 27.9 Å². The quantitative estimate of drug-likeness (QED) is 0.247. The van der Waals surface area contributed by atoms with Crippen molar-refractivity contribution in [1.82, 2.24) is 10.6 Å². The Kier molecular flexibility index (Phi) is 16.5. The van der Waals surface area contributed by atoms with E-state index in [1.165, 1.54) is 6.92 Å². The maximum absolute atomic E-state index is 13.4. The van der Waals surface area contributed by atoms with Crippen LogP contribution in [0.2, 0.25) is 0 Å². The number of halogens is 1. The molecule has 2 aromatic rings. The summed E-state index contributed by atoms with van der Waals surface area (Å²) in [6.07, 6.45) is -0.0788. The molecule has 0 aliphatic rings. The number of carbonyl (C=O) groups is 2. The van der Waals surface area contributed by atoms with Crippen LogP contribution in [0.5, 0.6) is 5.75 Å². The van der Waals surface area contributed by atoms with Crippen LogP contribution in [0.15, 0.2) is 54.6 Å². The summed E-state index contributed by atoms with van der Waals surface area (Å²) in [5.74, 6) is -0.728. The predicted molar refractivity (Wildman–Crippen MR) is 165 cm³/mol. The summed E-state index contributed by atoms with van der Waals surface area (Å²) in [6.45, 7) is 5.98. The summed E-state index contributed by atoms with van der Waals surface area (Å²) in [4.78, 5) is 25.0. The normalized spacial score (nSPS) is 13.7. The molecule has 0 aliphatic carbocycles. The first kappa shape index (κ1) is 35.9. The van der Waals surface area contributed by atoms with Crippen LogP contribution >= 0.6 is 24.2 Å². The van der Waals surface area contributed by atoms with Gasteiger partial charge in [-0.15, -0.1) is 12.4 Å². The molecule has 0 heterocycles. The van der Waals surface area contributed by atoms with Crippen molar-refractivity contribution in [3.63, 3.8) is 0 Å². The molecule has 1 unspecified atom stereocenters. The molecule has 0 aliphatic heterocycles. The topological polar surface area (TPSA) is 122 Å². The lowest BCUT2D eigenvalue weighted by Crippen LogP contribution is -2.51. The first-order chi connectivity index (χ1) is 18.5. The summed E-state index contributed by atoms with van der Waals surface area (Å²) in [5.41, 5.74) is 1.91. The Hall–Kier alpha value is -2.11. The van der Waals surface area contributed by atoms with E-state index >= 15 is 0 Å². The average molecular weight is 615 g/mol. The molecule has 40 heavy (non-hydrogen) atoms. The second kappa shape index (κ2) is 18.3. The Balaban J connectivity index is 0.00000800. The molecular formula is C29H43ClN2O6S2. The number of methoxy groups -OCH3 is 1. The van der Waals surface area contributed by atoms with Gasteiger partial charge < -0.3 is 20.5 Å². The van der Waals surface area contributed by atoms with Crippen LogP contribution in [0, 0.1) is 11.8 Å². The number of hydrogen-bond acceptors (Lipinski definition) is 8. The molecule has 0 saturated heterocycles. The van der Waals surface area contributed by atoms with Crippen molar-refractivity contribution in [3.8, 4) is 5.75 Å². The zero-order valence-electron chi connectivity index (χ0n) is 23.7. The molecule has 0 fully saturated rings. The van der Waals surface area contributed by atoms with Crippen LogP contribution in [0.25, 0.3) is 0 Å².